The third-order valence-corrected chi connectivity index (χ3v) is 7.37. The minimum atomic E-state index is -0.102. The van der Waals surface area contributed by atoms with E-state index >= 15 is 0 Å². The first kappa shape index (κ1) is 35.9. The summed E-state index contributed by atoms with van der Waals surface area (Å²) in [4.78, 5) is 23.8. The van der Waals surface area contributed by atoms with Gasteiger partial charge in [0, 0.05) is 12.8 Å². The van der Waals surface area contributed by atoms with Crippen molar-refractivity contribution < 1.29 is 19.1 Å². The first-order valence-electron chi connectivity index (χ1n) is 16.3. The summed E-state index contributed by atoms with van der Waals surface area (Å²) in [6, 6.07) is 0. The molecule has 0 radical (unpaired) electrons. The van der Waals surface area contributed by atoms with Gasteiger partial charge in [0.2, 0.25) is 0 Å². The van der Waals surface area contributed by atoms with Gasteiger partial charge in [0.05, 0.1) is 13.2 Å². The highest BCUT2D eigenvalue weighted by Crippen LogP contribution is 2.16. The van der Waals surface area contributed by atoms with Crippen LogP contribution in [0.25, 0.3) is 0 Å². The standard InChI is InChI=1S/C33H64O4/c1-5-6-7-8-9-10-11-12-13-14-15-16-17-21-28-36-32(34)25-19-18-20-26-33(35)37-29-27-31(4)24-22-23-30(2)3/h30-31H,5-29H2,1-4H3. The van der Waals surface area contributed by atoms with Crippen molar-refractivity contribution in [3.8, 4) is 0 Å². The zero-order valence-electron chi connectivity index (χ0n) is 25.5. The maximum atomic E-state index is 11.9. The van der Waals surface area contributed by atoms with Crippen LogP contribution in [0.5, 0.6) is 0 Å². The molecule has 0 aliphatic heterocycles. The molecule has 0 heterocycles. The molecule has 0 aliphatic rings. The summed E-state index contributed by atoms with van der Waals surface area (Å²) in [6.07, 6.45) is 26.7. The second kappa shape index (κ2) is 28.0. The minimum Gasteiger partial charge on any atom is -0.466 e. The zero-order chi connectivity index (χ0) is 27.4. The van der Waals surface area contributed by atoms with Crippen molar-refractivity contribution in [2.24, 2.45) is 11.8 Å². The van der Waals surface area contributed by atoms with Crippen LogP contribution in [-0.4, -0.2) is 25.2 Å². The fourth-order valence-electron chi connectivity index (χ4n) is 4.74. The van der Waals surface area contributed by atoms with Crippen LogP contribution < -0.4 is 0 Å². The maximum absolute atomic E-state index is 11.9. The number of ether oxygens (including phenoxy) is 2. The SMILES string of the molecule is CCCCCCCCCCCCCCCCOC(=O)CCCCCC(=O)OCCC(C)CCCC(C)C. The zero-order valence-corrected chi connectivity index (χ0v) is 25.5. The molecule has 0 fully saturated rings. The summed E-state index contributed by atoms with van der Waals surface area (Å²) in [5.41, 5.74) is 0. The van der Waals surface area contributed by atoms with Gasteiger partial charge in [-0.1, -0.05) is 137 Å². The summed E-state index contributed by atoms with van der Waals surface area (Å²) in [5, 5.41) is 0. The Balaban J connectivity index is 3.34. The van der Waals surface area contributed by atoms with Gasteiger partial charge in [-0.05, 0) is 37.5 Å². The Morgan fingerprint density at radius 2 is 0.919 bits per heavy atom. The Bertz CT molecular complexity index is 503. The summed E-state index contributed by atoms with van der Waals surface area (Å²) in [6.45, 7) is 10.1. The molecule has 1 unspecified atom stereocenters. The van der Waals surface area contributed by atoms with E-state index in [9.17, 15) is 9.59 Å². The first-order chi connectivity index (χ1) is 18.0. The van der Waals surface area contributed by atoms with Crippen molar-refractivity contribution >= 4 is 11.9 Å². The van der Waals surface area contributed by atoms with Crippen molar-refractivity contribution in [2.75, 3.05) is 13.2 Å². The molecule has 37 heavy (non-hydrogen) atoms. The second-order valence-corrected chi connectivity index (χ2v) is 11.8. The number of hydrogen-bond acceptors (Lipinski definition) is 4. The molecule has 4 heteroatoms. The molecule has 0 aromatic carbocycles. The van der Waals surface area contributed by atoms with Crippen molar-refractivity contribution in [3.63, 3.8) is 0 Å². The van der Waals surface area contributed by atoms with Gasteiger partial charge in [-0.2, -0.15) is 0 Å². The Morgan fingerprint density at radius 3 is 1.41 bits per heavy atom. The van der Waals surface area contributed by atoms with E-state index in [2.05, 4.69) is 27.7 Å². The van der Waals surface area contributed by atoms with Gasteiger partial charge in [0.25, 0.3) is 0 Å². The molecular formula is C33H64O4. The van der Waals surface area contributed by atoms with E-state index in [1.165, 1.54) is 96.3 Å². The molecule has 0 spiro atoms. The van der Waals surface area contributed by atoms with E-state index in [1.54, 1.807) is 0 Å². The maximum Gasteiger partial charge on any atom is 0.305 e. The van der Waals surface area contributed by atoms with Crippen molar-refractivity contribution in [3.05, 3.63) is 0 Å². The van der Waals surface area contributed by atoms with Crippen LogP contribution in [0.3, 0.4) is 0 Å². The van der Waals surface area contributed by atoms with Gasteiger partial charge < -0.3 is 9.47 Å². The minimum absolute atomic E-state index is 0.0938. The Morgan fingerprint density at radius 1 is 0.486 bits per heavy atom. The molecule has 0 bridgehead atoms. The second-order valence-electron chi connectivity index (χ2n) is 11.8. The van der Waals surface area contributed by atoms with Crippen molar-refractivity contribution in [1.29, 1.82) is 0 Å². The molecule has 0 rings (SSSR count). The largest absolute Gasteiger partial charge is 0.466 e. The van der Waals surface area contributed by atoms with E-state index in [-0.39, 0.29) is 11.9 Å². The molecule has 4 nitrogen and oxygen atoms in total. The van der Waals surface area contributed by atoms with E-state index in [0.717, 1.165) is 44.4 Å². The Labute approximate surface area is 231 Å². The van der Waals surface area contributed by atoms with Crippen LogP contribution in [-0.2, 0) is 19.1 Å². The van der Waals surface area contributed by atoms with E-state index < -0.39 is 0 Å². The lowest BCUT2D eigenvalue weighted by molar-refractivity contribution is -0.144. The predicted octanol–water partition coefficient (Wildman–Crippen LogP) is 10.4. The fourth-order valence-corrected chi connectivity index (χ4v) is 4.74. The van der Waals surface area contributed by atoms with E-state index in [1.807, 2.05) is 0 Å². The number of rotatable bonds is 28. The monoisotopic (exact) mass is 524 g/mol. The number of esters is 2. The lowest BCUT2D eigenvalue weighted by Gasteiger charge is -2.12. The number of unbranched alkanes of at least 4 members (excludes halogenated alkanes) is 15. The topological polar surface area (TPSA) is 52.6 Å². The fraction of sp³-hybridized carbons (Fsp3) is 0.939. The summed E-state index contributed by atoms with van der Waals surface area (Å²) in [7, 11) is 0. The van der Waals surface area contributed by atoms with Crippen molar-refractivity contribution in [2.45, 2.75) is 175 Å². The Hall–Kier alpha value is -1.06. The number of hydrogen-bond donors (Lipinski definition) is 0. The summed E-state index contributed by atoms with van der Waals surface area (Å²) in [5.74, 6) is 1.18. The van der Waals surface area contributed by atoms with Crippen LogP contribution in [0.2, 0.25) is 0 Å². The van der Waals surface area contributed by atoms with Crippen LogP contribution in [0.4, 0.5) is 0 Å². The van der Waals surface area contributed by atoms with Gasteiger partial charge >= 0.3 is 11.9 Å². The van der Waals surface area contributed by atoms with Crippen LogP contribution in [0.15, 0.2) is 0 Å². The highest BCUT2D eigenvalue weighted by molar-refractivity contribution is 5.69. The summed E-state index contributed by atoms with van der Waals surface area (Å²) >= 11 is 0. The van der Waals surface area contributed by atoms with Gasteiger partial charge in [-0.3, -0.25) is 9.59 Å². The van der Waals surface area contributed by atoms with E-state index in [4.69, 9.17) is 9.47 Å². The smallest absolute Gasteiger partial charge is 0.305 e. The van der Waals surface area contributed by atoms with Crippen LogP contribution >= 0.6 is 0 Å². The number of carbonyl (C=O) groups is 2. The average molecular weight is 525 g/mol. The molecule has 0 aromatic heterocycles. The van der Waals surface area contributed by atoms with E-state index in [0.29, 0.717) is 32.0 Å². The van der Waals surface area contributed by atoms with Crippen LogP contribution in [0, 0.1) is 11.8 Å². The third-order valence-electron chi connectivity index (χ3n) is 7.37. The normalized spacial score (nSPS) is 12.1. The van der Waals surface area contributed by atoms with Crippen LogP contribution in [0.1, 0.15) is 175 Å². The molecule has 0 amide bonds. The Kier molecular flexibility index (Phi) is 27.2. The molecule has 220 valence electrons. The molecule has 0 saturated heterocycles. The first-order valence-corrected chi connectivity index (χ1v) is 16.3. The lowest BCUT2D eigenvalue weighted by atomic mass is 9.98. The number of carbonyl (C=O) groups excluding carboxylic acids is 2. The molecule has 0 aliphatic carbocycles. The molecule has 0 aromatic rings. The van der Waals surface area contributed by atoms with Gasteiger partial charge in [0.15, 0.2) is 0 Å². The molecule has 1 atom stereocenters. The van der Waals surface area contributed by atoms with Gasteiger partial charge in [-0.25, -0.2) is 0 Å². The highest BCUT2D eigenvalue weighted by Gasteiger charge is 2.08. The predicted molar refractivity (Wildman–Crippen MR) is 158 cm³/mol. The highest BCUT2D eigenvalue weighted by atomic mass is 16.5. The third kappa shape index (κ3) is 29.4. The molecule has 0 N–H and O–H groups in total. The molecule has 0 saturated carbocycles. The van der Waals surface area contributed by atoms with Crippen molar-refractivity contribution in [1.82, 2.24) is 0 Å². The quantitative estimate of drug-likeness (QED) is 0.0754. The summed E-state index contributed by atoms with van der Waals surface area (Å²) < 4.78 is 10.7. The lowest BCUT2D eigenvalue weighted by Crippen LogP contribution is -2.09. The average Bonchev–Trinajstić information content (AvgIpc) is 2.86. The van der Waals surface area contributed by atoms with Gasteiger partial charge in [-0.15, -0.1) is 0 Å². The molecular weight excluding hydrogens is 460 g/mol. The van der Waals surface area contributed by atoms with Gasteiger partial charge in [0.1, 0.15) is 0 Å².